The van der Waals surface area contributed by atoms with Gasteiger partial charge in [-0.3, -0.25) is 4.79 Å². The third-order valence-electron chi connectivity index (χ3n) is 4.10. The first kappa shape index (κ1) is 16.8. The summed E-state index contributed by atoms with van der Waals surface area (Å²) in [6.07, 6.45) is 5.39. The molecule has 0 aliphatic carbocycles. The quantitative estimate of drug-likeness (QED) is 0.712. The summed E-state index contributed by atoms with van der Waals surface area (Å²) in [6, 6.07) is 14.6. The highest BCUT2D eigenvalue weighted by atomic mass is 35.5. The first-order valence-corrected chi connectivity index (χ1v) is 8.74. The number of carbonyl (C=O) groups excluding carboxylic acids is 1. The number of amides is 1. The molecule has 0 saturated carbocycles. The van der Waals surface area contributed by atoms with Crippen molar-refractivity contribution in [2.45, 2.75) is 6.54 Å². The Kier molecular flexibility index (Phi) is 4.45. The predicted octanol–water partition coefficient (Wildman–Crippen LogP) is 4.79. The van der Waals surface area contributed by atoms with E-state index in [9.17, 15) is 4.79 Å². The summed E-state index contributed by atoms with van der Waals surface area (Å²) in [5, 5.41) is 0.985. The van der Waals surface area contributed by atoms with Crippen LogP contribution in [0.2, 0.25) is 5.02 Å². The largest absolute Gasteiger partial charge is 0.327 e. The standard InChI is InChI=1S/C20H13Cl2N3O/c21-14-9-10-18-23-19(24-20(26)16-7-3-4-8-17(16)22)15-6-2-1-5-13(15)11-25(18)12-14/h1-10,12H,11H2. The third-order valence-corrected chi connectivity index (χ3v) is 4.65. The van der Waals surface area contributed by atoms with Gasteiger partial charge >= 0.3 is 0 Å². The SMILES string of the molecule is O=C(N=C1N=C2C=CC(Cl)=CN2Cc2ccccc21)c1ccccc1Cl. The van der Waals surface area contributed by atoms with Crippen LogP contribution in [0.15, 0.2) is 81.9 Å². The highest BCUT2D eigenvalue weighted by molar-refractivity contribution is 6.34. The van der Waals surface area contributed by atoms with Crippen LogP contribution in [0.4, 0.5) is 0 Å². The second-order valence-corrected chi connectivity index (χ2v) is 6.67. The van der Waals surface area contributed by atoms with Crippen molar-refractivity contribution in [1.29, 1.82) is 0 Å². The first-order valence-electron chi connectivity index (χ1n) is 7.98. The lowest BCUT2D eigenvalue weighted by molar-refractivity contribution is 0.100. The van der Waals surface area contributed by atoms with Crippen molar-refractivity contribution in [1.82, 2.24) is 4.90 Å². The summed E-state index contributed by atoms with van der Waals surface area (Å²) in [6.45, 7) is 0.592. The molecule has 0 N–H and O–H groups in total. The highest BCUT2D eigenvalue weighted by Gasteiger charge is 2.22. The zero-order chi connectivity index (χ0) is 18.1. The first-order chi connectivity index (χ1) is 12.6. The molecule has 0 atom stereocenters. The van der Waals surface area contributed by atoms with Crippen LogP contribution in [-0.2, 0) is 6.54 Å². The lowest BCUT2D eigenvalue weighted by atomic mass is 10.1. The molecule has 0 radical (unpaired) electrons. The van der Waals surface area contributed by atoms with E-state index >= 15 is 0 Å². The number of hydrogen-bond donors (Lipinski definition) is 0. The molecular weight excluding hydrogens is 369 g/mol. The van der Waals surface area contributed by atoms with Crippen LogP contribution in [0.5, 0.6) is 0 Å². The molecule has 2 heterocycles. The lowest BCUT2D eigenvalue weighted by Crippen LogP contribution is -2.25. The van der Waals surface area contributed by atoms with Crippen molar-refractivity contribution in [2.24, 2.45) is 9.98 Å². The average molecular weight is 382 g/mol. The Balaban J connectivity index is 1.83. The number of fused-ring (bicyclic) bond motifs is 2. The molecule has 2 aromatic carbocycles. The van der Waals surface area contributed by atoms with Gasteiger partial charge < -0.3 is 4.90 Å². The summed E-state index contributed by atoms with van der Waals surface area (Å²) >= 11 is 12.2. The summed E-state index contributed by atoms with van der Waals surface area (Å²) in [4.78, 5) is 23.5. The van der Waals surface area contributed by atoms with Crippen molar-refractivity contribution in [3.8, 4) is 0 Å². The van der Waals surface area contributed by atoms with Crippen LogP contribution in [-0.4, -0.2) is 22.5 Å². The van der Waals surface area contributed by atoms with Crippen LogP contribution >= 0.6 is 23.2 Å². The van der Waals surface area contributed by atoms with Gasteiger partial charge in [0.05, 0.1) is 15.6 Å². The Morgan fingerprint density at radius 1 is 1.04 bits per heavy atom. The number of allylic oxidation sites excluding steroid dienone is 2. The summed E-state index contributed by atoms with van der Waals surface area (Å²) in [7, 11) is 0. The topological polar surface area (TPSA) is 45.0 Å². The maximum Gasteiger partial charge on any atom is 0.280 e. The number of amidine groups is 2. The van der Waals surface area contributed by atoms with Crippen LogP contribution in [0.3, 0.4) is 0 Å². The van der Waals surface area contributed by atoms with Gasteiger partial charge in [-0.2, -0.15) is 4.99 Å². The average Bonchev–Trinajstić information content (AvgIpc) is 2.78. The van der Waals surface area contributed by atoms with E-state index in [4.69, 9.17) is 23.2 Å². The normalized spacial score (nSPS) is 17.2. The Morgan fingerprint density at radius 2 is 1.81 bits per heavy atom. The van der Waals surface area contributed by atoms with Gasteiger partial charge in [0.1, 0.15) is 5.84 Å². The molecule has 0 spiro atoms. The van der Waals surface area contributed by atoms with Crippen molar-refractivity contribution in [3.63, 3.8) is 0 Å². The van der Waals surface area contributed by atoms with E-state index in [1.54, 1.807) is 30.3 Å². The summed E-state index contributed by atoms with van der Waals surface area (Å²) in [5.41, 5.74) is 2.17. The number of carbonyl (C=O) groups is 1. The number of benzene rings is 2. The van der Waals surface area contributed by atoms with E-state index in [1.165, 1.54) is 0 Å². The van der Waals surface area contributed by atoms with Crippen LogP contribution in [0.1, 0.15) is 21.5 Å². The second kappa shape index (κ2) is 6.90. The Hall–Kier alpha value is -2.69. The molecule has 2 aromatic rings. The lowest BCUT2D eigenvalue weighted by Gasteiger charge is -2.21. The molecular formula is C20H13Cl2N3O. The summed E-state index contributed by atoms with van der Waals surface area (Å²) < 4.78 is 0. The molecule has 1 amide bonds. The van der Waals surface area contributed by atoms with E-state index in [0.29, 0.717) is 33.8 Å². The van der Waals surface area contributed by atoms with E-state index in [2.05, 4.69) is 9.98 Å². The maximum atomic E-state index is 12.7. The Morgan fingerprint density at radius 3 is 2.65 bits per heavy atom. The molecule has 128 valence electrons. The van der Waals surface area contributed by atoms with Gasteiger partial charge in [0.15, 0.2) is 5.84 Å². The third kappa shape index (κ3) is 3.21. The van der Waals surface area contributed by atoms with Gasteiger partial charge in [0.25, 0.3) is 5.91 Å². The maximum absolute atomic E-state index is 12.7. The predicted molar refractivity (Wildman–Crippen MR) is 105 cm³/mol. The van der Waals surface area contributed by atoms with Gasteiger partial charge in [-0.05, 0) is 29.8 Å². The fourth-order valence-corrected chi connectivity index (χ4v) is 3.24. The minimum Gasteiger partial charge on any atom is -0.327 e. The fraction of sp³-hybridized carbons (Fsp3) is 0.0500. The second-order valence-electron chi connectivity index (χ2n) is 5.82. The monoisotopic (exact) mass is 381 g/mol. The number of hydrogen-bond acceptors (Lipinski definition) is 2. The molecule has 0 aromatic heterocycles. The van der Waals surface area contributed by atoms with Crippen molar-refractivity contribution in [3.05, 3.63) is 93.6 Å². The van der Waals surface area contributed by atoms with E-state index < -0.39 is 5.91 Å². The zero-order valence-electron chi connectivity index (χ0n) is 13.6. The molecule has 4 nitrogen and oxygen atoms in total. The fourth-order valence-electron chi connectivity index (χ4n) is 2.84. The molecule has 6 heteroatoms. The Labute approximate surface area is 160 Å². The molecule has 0 unspecified atom stereocenters. The number of rotatable bonds is 1. The number of halogens is 2. The smallest absolute Gasteiger partial charge is 0.280 e. The summed E-state index contributed by atoms with van der Waals surface area (Å²) in [5.74, 6) is 0.613. The van der Waals surface area contributed by atoms with Crippen LogP contribution < -0.4 is 0 Å². The van der Waals surface area contributed by atoms with Gasteiger partial charge in [-0.1, -0.05) is 59.6 Å². The minimum absolute atomic E-state index is 0.350. The number of aliphatic imine (C=N–C) groups is 2. The minimum atomic E-state index is -0.424. The number of nitrogens with zero attached hydrogens (tertiary/aromatic N) is 3. The Bertz CT molecular complexity index is 1020. The van der Waals surface area contributed by atoms with Crippen LogP contribution in [0, 0.1) is 0 Å². The van der Waals surface area contributed by atoms with E-state index in [1.807, 2.05) is 41.4 Å². The van der Waals surface area contributed by atoms with Crippen molar-refractivity contribution >= 4 is 40.8 Å². The van der Waals surface area contributed by atoms with Crippen molar-refractivity contribution in [2.75, 3.05) is 0 Å². The van der Waals surface area contributed by atoms with E-state index in [0.717, 1.165) is 11.1 Å². The molecule has 2 aliphatic rings. The molecule has 0 fully saturated rings. The molecule has 26 heavy (non-hydrogen) atoms. The van der Waals surface area contributed by atoms with Crippen molar-refractivity contribution < 1.29 is 4.79 Å². The van der Waals surface area contributed by atoms with Gasteiger partial charge in [-0.25, -0.2) is 4.99 Å². The van der Waals surface area contributed by atoms with Gasteiger partial charge in [0.2, 0.25) is 0 Å². The zero-order valence-corrected chi connectivity index (χ0v) is 15.1. The van der Waals surface area contributed by atoms with Crippen LogP contribution in [0.25, 0.3) is 0 Å². The van der Waals surface area contributed by atoms with E-state index in [-0.39, 0.29) is 0 Å². The highest BCUT2D eigenvalue weighted by Crippen LogP contribution is 2.24. The molecule has 4 rings (SSSR count). The molecule has 2 aliphatic heterocycles. The molecule has 0 bridgehead atoms. The van der Waals surface area contributed by atoms with Gasteiger partial charge in [0, 0.05) is 18.3 Å². The van der Waals surface area contributed by atoms with Gasteiger partial charge in [-0.15, -0.1) is 0 Å². The molecule has 0 saturated heterocycles.